The molecule has 4 atom stereocenters. The lowest BCUT2D eigenvalue weighted by atomic mass is 9.85. The number of aromatic nitrogens is 1. The van der Waals surface area contributed by atoms with Crippen LogP contribution in [0, 0.1) is 19.8 Å². The Morgan fingerprint density at radius 2 is 1.85 bits per heavy atom. The van der Waals surface area contributed by atoms with E-state index in [1.807, 2.05) is 17.3 Å². The Morgan fingerprint density at radius 1 is 1.06 bits per heavy atom. The number of carbonyl (C=O) groups excluding carboxylic acids is 1. The predicted molar refractivity (Wildman–Crippen MR) is 129 cm³/mol. The second-order valence-corrected chi connectivity index (χ2v) is 9.95. The van der Waals surface area contributed by atoms with Crippen LogP contribution in [0.15, 0.2) is 42.7 Å². The molecule has 0 radical (unpaired) electrons. The number of nitrogens with zero attached hydrogens (tertiary/aromatic N) is 3. The van der Waals surface area contributed by atoms with E-state index >= 15 is 0 Å². The molecular weight excluding hydrogens is 412 g/mol. The van der Waals surface area contributed by atoms with E-state index in [1.165, 1.54) is 22.3 Å². The maximum absolute atomic E-state index is 13.2. The predicted octanol–water partition coefficient (Wildman–Crippen LogP) is 2.91. The van der Waals surface area contributed by atoms with Gasteiger partial charge in [0.15, 0.2) is 0 Å². The number of fused-ring (bicyclic) bond motifs is 1. The Morgan fingerprint density at radius 3 is 2.64 bits per heavy atom. The average molecular weight is 449 g/mol. The van der Waals surface area contributed by atoms with Gasteiger partial charge in [0.25, 0.3) is 0 Å². The van der Waals surface area contributed by atoms with Gasteiger partial charge in [0.1, 0.15) is 0 Å². The highest BCUT2D eigenvalue weighted by Gasteiger charge is 2.41. The number of pyridine rings is 1. The van der Waals surface area contributed by atoms with Crippen molar-refractivity contribution in [2.24, 2.45) is 5.92 Å². The molecule has 3 N–H and O–H groups in total. The van der Waals surface area contributed by atoms with E-state index in [4.69, 9.17) is 0 Å². The zero-order valence-electron chi connectivity index (χ0n) is 19.8. The number of hydrogen-bond donors (Lipinski definition) is 3. The third kappa shape index (κ3) is 4.90. The average Bonchev–Trinajstić information content (AvgIpc) is 3.26. The maximum atomic E-state index is 13.2. The Kier molecular flexibility index (Phi) is 6.62. The maximum Gasteiger partial charge on any atom is 0.317 e. The molecule has 3 aliphatic heterocycles. The van der Waals surface area contributed by atoms with Gasteiger partial charge in [-0.05, 0) is 74.0 Å². The molecule has 3 aliphatic rings. The number of piperidine rings is 2. The summed E-state index contributed by atoms with van der Waals surface area (Å²) in [5.41, 5.74) is 12.3. The number of hydrazine groups is 1. The molecule has 5 rings (SSSR count). The summed E-state index contributed by atoms with van der Waals surface area (Å²) in [4.78, 5) is 21.9. The normalized spacial score (nSPS) is 27.9. The van der Waals surface area contributed by atoms with Crippen LogP contribution in [0.5, 0.6) is 0 Å². The van der Waals surface area contributed by atoms with Crippen molar-refractivity contribution < 1.29 is 4.79 Å². The van der Waals surface area contributed by atoms with Crippen LogP contribution in [0.2, 0.25) is 0 Å². The lowest BCUT2D eigenvalue weighted by molar-refractivity contribution is 0.139. The third-order valence-corrected chi connectivity index (χ3v) is 7.72. The molecular formula is C26H36N6O. The molecule has 3 fully saturated rings. The number of aryl methyl sites for hydroxylation is 2. The fraction of sp³-hybridized carbons (Fsp3) is 0.538. The topological polar surface area (TPSA) is 72.5 Å². The molecule has 2 aromatic rings. The molecule has 3 unspecified atom stereocenters. The number of rotatable bonds is 4. The summed E-state index contributed by atoms with van der Waals surface area (Å²) in [5, 5.41) is 3.36. The lowest BCUT2D eigenvalue weighted by Gasteiger charge is -2.38. The molecule has 7 heteroatoms. The molecule has 0 saturated carbocycles. The number of benzene rings is 1. The first-order valence-corrected chi connectivity index (χ1v) is 12.3. The quantitative estimate of drug-likeness (QED) is 0.671. The van der Waals surface area contributed by atoms with Gasteiger partial charge in [0.2, 0.25) is 0 Å². The third-order valence-electron chi connectivity index (χ3n) is 7.72. The fourth-order valence-electron chi connectivity index (χ4n) is 5.79. The molecule has 1 aromatic heterocycles. The molecule has 0 spiro atoms. The first-order valence-electron chi connectivity index (χ1n) is 12.3. The van der Waals surface area contributed by atoms with Gasteiger partial charge in [-0.3, -0.25) is 15.3 Å². The molecule has 0 bridgehead atoms. The summed E-state index contributed by atoms with van der Waals surface area (Å²) in [6.07, 6.45) is 6.82. The Bertz CT molecular complexity index is 946. The molecule has 4 heterocycles. The fourth-order valence-corrected chi connectivity index (χ4v) is 5.79. The first kappa shape index (κ1) is 22.3. The molecule has 2 amide bonds. The van der Waals surface area contributed by atoms with Crippen LogP contribution in [0.3, 0.4) is 0 Å². The van der Waals surface area contributed by atoms with Crippen molar-refractivity contribution in [3.8, 4) is 0 Å². The number of hydrogen-bond acceptors (Lipinski definition) is 5. The van der Waals surface area contributed by atoms with Crippen LogP contribution in [-0.2, 0) is 6.54 Å². The molecule has 7 nitrogen and oxygen atoms in total. The van der Waals surface area contributed by atoms with Crippen LogP contribution in [0.1, 0.15) is 47.6 Å². The van der Waals surface area contributed by atoms with Crippen molar-refractivity contribution in [3.63, 3.8) is 0 Å². The number of amides is 2. The van der Waals surface area contributed by atoms with Gasteiger partial charge in [-0.25, -0.2) is 10.2 Å². The Hall–Kier alpha value is -2.48. The van der Waals surface area contributed by atoms with Crippen molar-refractivity contribution in [1.29, 1.82) is 0 Å². The van der Waals surface area contributed by atoms with Crippen molar-refractivity contribution in [2.75, 3.05) is 26.2 Å². The summed E-state index contributed by atoms with van der Waals surface area (Å²) < 4.78 is 0. The van der Waals surface area contributed by atoms with E-state index in [2.05, 4.69) is 70.2 Å². The van der Waals surface area contributed by atoms with Gasteiger partial charge < -0.3 is 10.2 Å². The second kappa shape index (κ2) is 9.79. The number of carbonyl (C=O) groups is 1. The molecule has 3 saturated heterocycles. The Labute approximate surface area is 196 Å². The van der Waals surface area contributed by atoms with Crippen LogP contribution >= 0.6 is 0 Å². The highest BCUT2D eigenvalue weighted by atomic mass is 16.2. The van der Waals surface area contributed by atoms with Gasteiger partial charge in [-0.15, -0.1) is 0 Å². The minimum Gasteiger partial charge on any atom is -0.334 e. The lowest BCUT2D eigenvalue weighted by Crippen LogP contribution is -2.55. The minimum atomic E-state index is 0.0905. The van der Waals surface area contributed by atoms with Crippen molar-refractivity contribution in [1.82, 2.24) is 31.0 Å². The summed E-state index contributed by atoms with van der Waals surface area (Å²) in [7, 11) is 0. The van der Waals surface area contributed by atoms with Crippen LogP contribution in [-0.4, -0.2) is 59.1 Å². The first-order chi connectivity index (χ1) is 16.1. The van der Waals surface area contributed by atoms with Crippen molar-refractivity contribution in [2.45, 2.75) is 57.8 Å². The summed E-state index contributed by atoms with van der Waals surface area (Å²) in [6, 6.07) is 11.6. The monoisotopic (exact) mass is 448 g/mol. The molecule has 0 aliphatic carbocycles. The van der Waals surface area contributed by atoms with Gasteiger partial charge in [0.05, 0.1) is 6.04 Å². The largest absolute Gasteiger partial charge is 0.334 e. The molecule has 33 heavy (non-hydrogen) atoms. The van der Waals surface area contributed by atoms with E-state index in [1.54, 1.807) is 0 Å². The van der Waals surface area contributed by atoms with Crippen LogP contribution < -0.4 is 16.2 Å². The van der Waals surface area contributed by atoms with E-state index in [0.717, 1.165) is 52.0 Å². The number of likely N-dealkylation sites (tertiary alicyclic amines) is 2. The van der Waals surface area contributed by atoms with Crippen molar-refractivity contribution in [3.05, 3.63) is 65.0 Å². The number of urea groups is 1. The Balaban J connectivity index is 1.18. The van der Waals surface area contributed by atoms with Gasteiger partial charge in [-0.1, -0.05) is 18.2 Å². The summed E-state index contributed by atoms with van der Waals surface area (Å²) >= 11 is 0. The zero-order chi connectivity index (χ0) is 22.8. The summed E-state index contributed by atoms with van der Waals surface area (Å²) in [5.74, 6) is 0.360. The molecule has 176 valence electrons. The zero-order valence-corrected chi connectivity index (χ0v) is 19.8. The van der Waals surface area contributed by atoms with E-state index < -0.39 is 0 Å². The van der Waals surface area contributed by atoms with Gasteiger partial charge in [0, 0.05) is 56.6 Å². The number of nitrogens with one attached hydrogen (secondary N) is 3. The highest BCUT2D eigenvalue weighted by molar-refractivity contribution is 5.74. The van der Waals surface area contributed by atoms with E-state index in [0.29, 0.717) is 12.0 Å². The van der Waals surface area contributed by atoms with E-state index in [-0.39, 0.29) is 18.1 Å². The second-order valence-electron chi connectivity index (χ2n) is 9.95. The van der Waals surface area contributed by atoms with Crippen LogP contribution in [0.4, 0.5) is 4.79 Å². The smallest absolute Gasteiger partial charge is 0.317 e. The van der Waals surface area contributed by atoms with Gasteiger partial charge in [-0.2, -0.15) is 0 Å². The highest BCUT2D eigenvalue weighted by Crippen LogP contribution is 2.33. The SMILES string of the molecule is Cc1cccc(C)c1CN1CCC[C@@H](NC(=O)N2CCC3NNC(c4ccncc4)C3C2)C1. The van der Waals surface area contributed by atoms with Crippen LogP contribution in [0.25, 0.3) is 0 Å². The van der Waals surface area contributed by atoms with E-state index in [9.17, 15) is 4.79 Å². The van der Waals surface area contributed by atoms with Gasteiger partial charge >= 0.3 is 6.03 Å². The minimum absolute atomic E-state index is 0.0905. The summed E-state index contributed by atoms with van der Waals surface area (Å²) in [6.45, 7) is 8.93. The van der Waals surface area contributed by atoms with Crippen molar-refractivity contribution >= 4 is 6.03 Å². The molecule has 1 aromatic carbocycles. The standard InChI is InChI=1S/C26H36N6O/c1-18-5-3-6-19(2)22(18)16-31-13-4-7-21(15-31)28-26(33)32-14-10-24-23(17-32)25(30-29-24)20-8-11-27-12-9-20/h3,5-6,8-9,11-12,21,23-25,29-30H,4,7,10,13-17H2,1-2H3,(H,28,33)/t21-,23?,24?,25?/m1/s1.